The van der Waals surface area contributed by atoms with Crippen LogP contribution >= 0.6 is 0 Å². The van der Waals surface area contributed by atoms with Crippen molar-refractivity contribution in [2.24, 2.45) is 5.92 Å². The van der Waals surface area contributed by atoms with Crippen LogP contribution in [0.1, 0.15) is 33.1 Å². The van der Waals surface area contributed by atoms with Crippen molar-refractivity contribution in [1.29, 1.82) is 0 Å². The monoisotopic (exact) mass is 214 g/mol. The zero-order chi connectivity index (χ0) is 11.5. The van der Waals surface area contributed by atoms with Gasteiger partial charge in [0.15, 0.2) is 5.78 Å². The molecule has 0 aliphatic carbocycles. The van der Waals surface area contributed by atoms with Crippen LogP contribution in [-0.2, 0) is 19.1 Å². The van der Waals surface area contributed by atoms with E-state index >= 15 is 0 Å². The molecule has 1 fully saturated rings. The van der Waals surface area contributed by atoms with E-state index in [1.165, 1.54) is 7.11 Å². The van der Waals surface area contributed by atoms with Crippen molar-refractivity contribution in [3.8, 4) is 0 Å². The van der Waals surface area contributed by atoms with Crippen molar-refractivity contribution < 1.29 is 19.1 Å². The number of hydrogen-bond donors (Lipinski definition) is 0. The van der Waals surface area contributed by atoms with Crippen LogP contribution in [0.15, 0.2) is 0 Å². The smallest absolute Gasteiger partial charge is 0.316 e. The molecule has 1 aliphatic heterocycles. The minimum Gasteiger partial charge on any atom is -0.468 e. The Balaban J connectivity index is 2.69. The Morgan fingerprint density at radius 2 is 2.07 bits per heavy atom. The third-order valence-corrected chi connectivity index (χ3v) is 2.94. The average Bonchev–Trinajstić information content (AvgIpc) is 2.27. The summed E-state index contributed by atoms with van der Waals surface area (Å²) < 4.78 is 10.0. The van der Waals surface area contributed by atoms with Crippen LogP contribution in [0.3, 0.4) is 0 Å². The number of methoxy groups -OCH3 is 1. The van der Waals surface area contributed by atoms with Gasteiger partial charge in [0, 0.05) is 6.61 Å². The third kappa shape index (κ3) is 2.56. The molecule has 0 bridgehead atoms. The van der Waals surface area contributed by atoms with Crippen LogP contribution in [0.2, 0.25) is 0 Å². The number of hydrogen-bond acceptors (Lipinski definition) is 4. The lowest BCUT2D eigenvalue weighted by Gasteiger charge is -2.33. The Labute approximate surface area is 89.9 Å². The van der Waals surface area contributed by atoms with E-state index in [0.29, 0.717) is 13.0 Å². The van der Waals surface area contributed by atoms with Crippen molar-refractivity contribution in [2.45, 2.75) is 38.7 Å². The first-order chi connectivity index (χ1) is 7.01. The van der Waals surface area contributed by atoms with Gasteiger partial charge in [-0.3, -0.25) is 9.59 Å². The first kappa shape index (κ1) is 12.2. The zero-order valence-corrected chi connectivity index (χ0v) is 9.54. The summed E-state index contributed by atoms with van der Waals surface area (Å²) in [5, 5.41) is 0. The molecule has 86 valence electrons. The molecule has 2 atom stereocenters. The number of Topliss-reactive ketones (excluding diaryl/α,β-unsaturated/α-hetero) is 1. The quantitative estimate of drug-likeness (QED) is 0.525. The van der Waals surface area contributed by atoms with Gasteiger partial charge in [-0.15, -0.1) is 0 Å². The van der Waals surface area contributed by atoms with Crippen LogP contribution in [-0.4, -0.2) is 31.1 Å². The highest BCUT2D eigenvalue weighted by molar-refractivity contribution is 6.02. The van der Waals surface area contributed by atoms with E-state index in [-0.39, 0.29) is 5.78 Å². The summed E-state index contributed by atoms with van der Waals surface area (Å²) in [7, 11) is 1.29. The summed E-state index contributed by atoms with van der Waals surface area (Å²) in [6.45, 7) is 3.92. The van der Waals surface area contributed by atoms with Gasteiger partial charge < -0.3 is 9.47 Å². The molecule has 0 aromatic heterocycles. The second-order valence-electron chi connectivity index (χ2n) is 4.15. The van der Waals surface area contributed by atoms with Crippen molar-refractivity contribution in [1.82, 2.24) is 0 Å². The van der Waals surface area contributed by atoms with Crippen molar-refractivity contribution >= 4 is 11.8 Å². The van der Waals surface area contributed by atoms with E-state index in [1.54, 1.807) is 13.8 Å². The van der Waals surface area contributed by atoms with E-state index in [2.05, 4.69) is 4.74 Å². The molecule has 1 rings (SSSR count). The van der Waals surface area contributed by atoms with Gasteiger partial charge in [0.2, 0.25) is 0 Å². The molecule has 0 saturated carbocycles. The highest BCUT2D eigenvalue weighted by atomic mass is 16.5. The van der Waals surface area contributed by atoms with Gasteiger partial charge in [-0.2, -0.15) is 0 Å². The Morgan fingerprint density at radius 1 is 1.40 bits per heavy atom. The van der Waals surface area contributed by atoms with Crippen LogP contribution in [0.25, 0.3) is 0 Å². The Morgan fingerprint density at radius 3 is 2.53 bits per heavy atom. The predicted molar refractivity (Wildman–Crippen MR) is 54.4 cm³/mol. The maximum Gasteiger partial charge on any atom is 0.316 e. The molecule has 0 amide bonds. The molecule has 15 heavy (non-hydrogen) atoms. The Hall–Kier alpha value is -0.900. The zero-order valence-electron chi connectivity index (χ0n) is 9.54. The lowest BCUT2D eigenvalue weighted by molar-refractivity contribution is -0.161. The fraction of sp³-hybridized carbons (Fsp3) is 0.818. The molecular weight excluding hydrogens is 196 g/mol. The van der Waals surface area contributed by atoms with Gasteiger partial charge >= 0.3 is 5.97 Å². The molecule has 0 N–H and O–H groups in total. The molecular formula is C11H18O4. The lowest BCUT2D eigenvalue weighted by atomic mass is 9.85. The topological polar surface area (TPSA) is 52.6 Å². The van der Waals surface area contributed by atoms with Crippen LogP contribution in [0.5, 0.6) is 0 Å². The highest BCUT2D eigenvalue weighted by Gasteiger charge is 2.41. The number of carbonyl (C=O) groups is 2. The summed E-state index contributed by atoms with van der Waals surface area (Å²) in [4.78, 5) is 23.2. The van der Waals surface area contributed by atoms with Gasteiger partial charge in [-0.25, -0.2) is 0 Å². The van der Waals surface area contributed by atoms with E-state index in [1.807, 2.05) is 0 Å². The molecule has 2 unspecified atom stereocenters. The summed E-state index contributed by atoms with van der Waals surface area (Å²) in [5.74, 6) is -1.40. The van der Waals surface area contributed by atoms with Crippen molar-refractivity contribution in [2.75, 3.05) is 13.7 Å². The third-order valence-electron chi connectivity index (χ3n) is 2.94. The number of ether oxygens (including phenoxy) is 2. The summed E-state index contributed by atoms with van der Waals surface area (Å²) in [6.07, 6.45) is 2.64. The number of carbonyl (C=O) groups excluding carboxylic acids is 2. The summed E-state index contributed by atoms with van der Waals surface area (Å²) in [6, 6.07) is 0. The largest absolute Gasteiger partial charge is 0.468 e. The average molecular weight is 214 g/mol. The molecule has 0 radical (unpaired) electrons. The minimum absolute atomic E-state index is 0.172. The van der Waals surface area contributed by atoms with E-state index < -0.39 is 17.5 Å². The molecule has 4 heteroatoms. The van der Waals surface area contributed by atoms with Gasteiger partial charge in [0.25, 0.3) is 0 Å². The molecule has 1 aliphatic rings. The van der Waals surface area contributed by atoms with Crippen molar-refractivity contribution in [3.05, 3.63) is 0 Å². The number of rotatable bonds is 3. The van der Waals surface area contributed by atoms with Gasteiger partial charge in [0.05, 0.1) is 7.11 Å². The molecule has 4 nitrogen and oxygen atoms in total. The van der Waals surface area contributed by atoms with Gasteiger partial charge in [-0.1, -0.05) is 0 Å². The number of ketones is 1. The minimum atomic E-state index is -0.800. The maximum atomic E-state index is 12.0. The summed E-state index contributed by atoms with van der Waals surface area (Å²) >= 11 is 0. The van der Waals surface area contributed by atoms with Crippen molar-refractivity contribution in [3.63, 3.8) is 0 Å². The van der Waals surface area contributed by atoms with Crippen LogP contribution < -0.4 is 0 Å². The summed E-state index contributed by atoms with van der Waals surface area (Å²) in [5.41, 5.74) is -0.800. The lowest BCUT2D eigenvalue weighted by Crippen LogP contribution is -2.46. The molecule has 1 saturated heterocycles. The van der Waals surface area contributed by atoms with E-state index in [0.717, 1.165) is 12.8 Å². The second-order valence-corrected chi connectivity index (χ2v) is 4.15. The Kier molecular flexibility index (Phi) is 3.85. The Bertz CT molecular complexity index is 253. The molecule has 0 aromatic carbocycles. The standard InChI is InChI=1S/C11H18O4/c1-8(10(13)14-3)9(12)11(2)6-4-5-7-15-11/h8H,4-7H2,1-3H3. The highest BCUT2D eigenvalue weighted by Crippen LogP contribution is 2.28. The van der Waals surface area contributed by atoms with E-state index in [9.17, 15) is 9.59 Å². The molecule has 1 heterocycles. The van der Waals surface area contributed by atoms with Gasteiger partial charge in [0.1, 0.15) is 11.5 Å². The van der Waals surface area contributed by atoms with Crippen LogP contribution in [0.4, 0.5) is 0 Å². The second kappa shape index (κ2) is 4.75. The first-order valence-corrected chi connectivity index (χ1v) is 5.27. The van der Waals surface area contributed by atoms with E-state index in [4.69, 9.17) is 4.74 Å². The maximum absolute atomic E-state index is 12.0. The fourth-order valence-corrected chi connectivity index (χ4v) is 1.87. The SMILES string of the molecule is COC(=O)C(C)C(=O)C1(C)CCCCO1. The van der Waals surface area contributed by atoms with Gasteiger partial charge in [-0.05, 0) is 33.1 Å². The fourth-order valence-electron chi connectivity index (χ4n) is 1.87. The number of esters is 1. The molecule has 0 aromatic rings. The van der Waals surface area contributed by atoms with Crippen LogP contribution in [0, 0.1) is 5.92 Å². The predicted octanol–water partition coefficient (Wildman–Crippen LogP) is 1.32. The normalized spacial score (nSPS) is 28.2. The first-order valence-electron chi connectivity index (χ1n) is 5.27. The molecule has 0 spiro atoms.